The van der Waals surface area contributed by atoms with E-state index in [1.54, 1.807) is 0 Å². The van der Waals surface area contributed by atoms with Crippen molar-refractivity contribution in [3.63, 3.8) is 0 Å². The third-order valence-electron chi connectivity index (χ3n) is 2.99. The third-order valence-corrected chi connectivity index (χ3v) is 2.99. The molecule has 1 unspecified atom stereocenters. The normalized spacial score (nSPS) is 18.4. The smallest absolute Gasteiger partial charge is 0.117 e. The van der Waals surface area contributed by atoms with Crippen LogP contribution < -0.4 is 5.32 Å². The van der Waals surface area contributed by atoms with Crippen molar-refractivity contribution >= 4 is 0 Å². The fraction of sp³-hybridized carbons (Fsp3) is 0.667. The molecule has 1 fully saturated rings. The van der Waals surface area contributed by atoms with Crippen LogP contribution >= 0.6 is 0 Å². The Bertz CT molecular complexity index is 288. The molecule has 0 amide bonds. The molecule has 0 saturated heterocycles. The molecular formula is C12H19NO. The molecule has 1 aliphatic rings. The van der Waals surface area contributed by atoms with Gasteiger partial charge in [-0.1, -0.05) is 6.92 Å². The molecule has 1 saturated carbocycles. The molecule has 1 aliphatic carbocycles. The van der Waals surface area contributed by atoms with Crippen LogP contribution in [-0.4, -0.2) is 6.54 Å². The molecule has 1 aromatic heterocycles. The molecular weight excluding hydrogens is 174 g/mol. The van der Waals surface area contributed by atoms with Gasteiger partial charge in [0.15, 0.2) is 0 Å². The molecule has 2 rings (SSSR count). The van der Waals surface area contributed by atoms with Gasteiger partial charge in [0.25, 0.3) is 0 Å². The van der Waals surface area contributed by atoms with Gasteiger partial charge in [0.05, 0.1) is 6.54 Å². The number of hydrogen-bond acceptors (Lipinski definition) is 2. The second-order valence-electron chi connectivity index (χ2n) is 4.46. The van der Waals surface area contributed by atoms with Gasteiger partial charge in [0, 0.05) is 0 Å². The molecule has 14 heavy (non-hydrogen) atoms. The van der Waals surface area contributed by atoms with Gasteiger partial charge >= 0.3 is 0 Å². The summed E-state index contributed by atoms with van der Waals surface area (Å²) in [6.07, 6.45) is 2.87. The van der Waals surface area contributed by atoms with Crippen LogP contribution in [0.15, 0.2) is 16.5 Å². The molecule has 0 aromatic carbocycles. The Morgan fingerprint density at radius 1 is 1.50 bits per heavy atom. The summed E-state index contributed by atoms with van der Waals surface area (Å²) in [6.45, 7) is 6.30. The van der Waals surface area contributed by atoms with Crippen molar-refractivity contribution in [2.45, 2.75) is 33.2 Å². The van der Waals surface area contributed by atoms with E-state index in [2.05, 4.69) is 12.2 Å². The van der Waals surface area contributed by atoms with E-state index in [1.807, 2.05) is 19.1 Å². The highest BCUT2D eigenvalue weighted by Gasteiger charge is 2.27. The molecule has 1 aromatic rings. The molecule has 78 valence electrons. The summed E-state index contributed by atoms with van der Waals surface area (Å²) in [7, 11) is 0. The van der Waals surface area contributed by atoms with E-state index in [0.717, 1.165) is 36.4 Å². The minimum Gasteiger partial charge on any atom is -0.465 e. The van der Waals surface area contributed by atoms with Crippen LogP contribution in [0.2, 0.25) is 0 Å². The SMILES string of the molecule is Cc1ccc(CNCC(C)C2CC2)o1. The molecule has 2 heteroatoms. The second-order valence-corrected chi connectivity index (χ2v) is 4.46. The zero-order valence-electron chi connectivity index (χ0n) is 9.05. The molecule has 1 N–H and O–H groups in total. The van der Waals surface area contributed by atoms with E-state index < -0.39 is 0 Å². The Morgan fingerprint density at radius 2 is 2.29 bits per heavy atom. The number of hydrogen-bond donors (Lipinski definition) is 1. The van der Waals surface area contributed by atoms with E-state index in [1.165, 1.54) is 12.8 Å². The first-order valence-electron chi connectivity index (χ1n) is 5.52. The van der Waals surface area contributed by atoms with Gasteiger partial charge in [-0.05, 0) is 50.3 Å². The van der Waals surface area contributed by atoms with E-state index in [0.29, 0.717) is 0 Å². The van der Waals surface area contributed by atoms with Crippen molar-refractivity contribution in [1.29, 1.82) is 0 Å². The standard InChI is InChI=1S/C12H19NO/c1-9(11-4-5-11)7-13-8-12-6-3-10(2)14-12/h3,6,9,11,13H,4-5,7-8H2,1-2H3. The van der Waals surface area contributed by atoms with Crippen molar-refractivity contribution < 1.29 is 4.42 Å². The van der Waals surface area contributed by atoms with Gasteiger partial charge in [-0.3, -0.25) is 0 Å². The van der Waals surface area contributed by atoms with Crippen LogP contribution in [0.3, 0.4) is 0 Å². The lowest BCUT2D eigenvalue weighted by Gasteiger charge is -2.09. The Morgan fingerprint density at radius 3 is 2.86 bits per heavy atom. The summed E-state index contributed by atoms with van der Waals surface area (Å²) >= 11 is 0. The third kappa shape index (κ3) is 2.61. The van der Waals surface area contributed by atoms with Gasteiger partial charge in [-0.15, -0.1) is 0 Å². The van der Waals surface area contributed by atoms with Crippen LogP contribution in [-0.2, 0) is 6.54 Å². The fourth-order valence-corrected chi connectivity index (χ4v) is 1.84. The number of rotatable bonds is 5. The highest BCUT2D eigenvalue weighted by Crippen LogP contribution is 2.36. The number of nitrogens with one attached hydrogen (secondary N) is 1. The van der Waals surface area contributed by atoms with Crippen LogP contribution in [0.5, 0.6) is 0 Å². The van der Waals surface area contributed by atoms with Crippen molar-refractivity contribution in [3.05, 3.63) is 23.7 Å². The average Bonchev–Trinajstić information content (AvgIpc) is 2.92. The summed E-state index contributed by atoms with van der Waals surface area (Å²) in [5, 5.41) is 3.44. The first-order valence-corrected chi connectivity index (χ1v) is 5.52. The van der Waals surface area contributed by atoms with Crippen LogP contribution in [0.25, 0.3) is 0 Å². The predicted molar refractivity (Wildman–Crippen MR) is 57.0 cm³/mol. The fourth-order valence-electron chi connectivity index (χ4n) is 1.84. The summed E-state index contributed by atoms with van der Waals surface area (Å²) in [6, 6.07) is 4.06. The Hall–Kier alpha value is -0.760. The monoisotopic (exact) mass is 193 g/mol. The minimum absolute atomic E-state index is 0.825. The average molecular weight is 193 g/mol. The highest BCUT2D eigenvalue weighted by molar-refractivity contribution is 5.05. The van der Waals surface area contributed by atoms with Crippen LogP contribution in [0.1, 0.15) is 31.3 Å². The summed E-state index contributed by atoms with van der Waals surface area (Å²) in [5.41, 5.74) is 0. The molecule has 1 atom stereocenters. The largest absolute Gasteiger partial charge is 0.465 e. The summed E-state index contributed by atoms with van der Waals surface area (Å²) in [4.78, 5) is 0. The lowest BCUT2D eigenvalue weighted by atomic mass is 10.1. The van der Waals surface area contributed by atoms with Gasteiger partial charge in [0.1, 0.15) is 11.5 Å². The summed E-state index contributed by atoms with van der Waals surface area (Å²) < 4.78 is 5.48. The van der Waals surface area contributed by atoms with Gasteiger partial charge < -0.3 is 9.73 Å². The highest BCUT2D eigenvalue weighted by atomic mass is 16.3. The van der Waals surface area contributed by atoms with Crippen LogP contribution in [0.4, 0.5) is 0 Å². The zero-order chi connectivity index (χ0) is 9.97. The van der Waals surface area contributed by atoms with Crippen molar-refractivity contribution in [3.8, 4) is 0 Å². The molecule has 0 aliphatic heterocycles. The zero-order valence-corrected chi connectivity index (χ0v) is 9.05. The van der Waals surface area contributed by atoms with E-state index in [4.69, 9.17) is 4.42 Å². The number of furan rings is 1. The second kappa shape index (κ2) is 4.18. The van der Waals surface area contributed by atoms with Crippen LogP contribution in [0, 0.1) is 18.8 Å². The van der Waals surface area contributed by atoms with E-state index in [-0.39, 0.29) is 0 Å². The molecule has 0 radical (unpaired) electrons. The molecule has 0 bridgehead atoms. The first-order chi connectivity index (χ1) is 6.75. The molecule has 2 nitrogen and oxygen atoms in total. The first kappa shape index (κ1) is 9.78. The Labute approximate surface area is 85.7 Å². The Kier molecular flexibility index (Phi) is 2.92. The predicted octanol–water partition coefficient (Wildman–Crippen LogP) is 2.72. The minimum atomic E-state index is 0.825. The molecule has 1 heterocycles. The number of aryl methyl sites for hydroxylation is 1. The van der Waals surface area contributed by atoms with Gasteiger partial charge in [0.2, 0.25) is 0 Å². The van der Waals surface area contributed by atoms with Crippen molar-refractivity contribution in [2.24, 2.45) is 11.8 Å². The topological polar surface area (TPSA) is 25.2 Å². The summed E-state index contributed by atoms with van der Waals surface area (Å²) in [5.74, 6) is 3.86. The maximum atomic E-state index is 5.48. The maximum Gasteiger partial charge on any atom is 0.117 e. The molecule has 0 spiro atoms. The van der Waals surface area contributed by atoms with Gasteiger partial charge in [-0.2, -0.15) is 0 Å². The lowest BCUT2D eigenvalue weighted by Crippen LogP contribution is -2.21. The van der Waals surface area contributed by atoms with Crippen molar-refractivity contribution in [1.82, 2.24) is 5.32 Å². The van der Waals surface area contributed by atoms with E-state index in [9.17, 15) is 0 Å². The Balaban J connectivity index is 1.67. The quantitative estimate of drug-likeness (QED) is 0.777. The van der Waals surface area contributed by atoms with Gasteiger partial charge in [-0.25, -0.2) is 0 Å². The van der Waals surface area contributed by atoms with E-state index >= 15 is 0 Å². The lowest BCUT2D eigenvalue weighted by molar-refractivity contribution is 0.422. The van der Waals surface area contributed by atoms with Crippen molar-refractivity contribution in [2.75, 3.05) is 6.54 Å². The maximum absolute atomic E-state index is 5.48.